The highest BCUT2D eigenvalue weighted by Gasteiger charge is 2.32. The monoisotopic (exact) mass is 299 g/mol. The van der Waals surface area contributed by atoms with Crippen LogP contribution in [0.15, 0.2) is 55.6 Å². The van der Waals surface area contributed by atoms with Crippen LogP contribution in [0.4, 0.5) is 0 Å². The van der Waals surface area contributed by atoms with Gasteiger partial charge in [0.05, 0.1) is 6.54 Å². The Morgan fingerprint density at radius 1 is 1.23 bits per heavy atom. The average Bonchev–Trinajstić information content (AvgIpc) is 2.88. The van der Waals surface area contributed by atoms with E-state index < -0.39 is 0 Å². The molecule has 1 heterocycles. The molecule has 2 rings (SSSR count). The summed E-state index contributed by atoms with van der Waals surface area (Å²) in [6.07, 6.45) is 3.48. The molecule has 0 aliphatic carbocycles. The summed E-state index contributed by atoms with van der Waals surface area (Å²) in [5, 5.41) is 0. The van der Waals surface area contributed by atoms with Gasteiger partial charge in [0.1, 0.15) is 0 Å². The van der Waals surface area contributed by atoms with Crippen LogP contribution in [-0.2, 0) is 4.79 Å². The highest BCUT2D eigenvalue weighted by Crippen LogP contribution is 2.26. The number of carbonyl (C=O) groups excluding carboxylic acids is 1. The predicted octanol–water partition coefficient (Wildman–Crippen LogP) is 1.61. The smallest absolute Gasteiger partial charge is 0.237 e. The molecule has 1 aromatic carbocycles. The Balaban J connectivity index is 1.96. The van der Waals surface area contributed by atoms with Crippen LogP contribution in [0.1, 0.15) is 11.5 Å². The minimum absolute atomic E-state index is 0.0717. The topological polar surface area (TPSA) is 49.6 Å². The van der Waals surface area contributed by atoms with Crippen LogP contribution in [-0.4, -0.2) is 54.5 Å². The van der Waals surface area contributed by atoms with Crippen molar-refractivity contribution in [2.45, 2.75) is 12.0 Å². The molecule has 1 amide bonds. The molecule has 1 saturated heterocycles. The number of likely N-dealkylation sites (tertiary alicyclic amines) is 1. The molecule has 1 aliphatic heterocycles. The molecule has 1 aromatic rings. The first-order valence-electron chi connectivity index (χ1n) is 7.68. The van der Waals surface area contributed by atoms with Crippen molar-refractivity contribution < 1.29 is 4.79 Å². The van der Waals surface area contributed by atoms with E-state index in [2.05, 4.69) is 30.2 Å². The first-order chi connectivity index (χ1) is 10.7. The zero-order valence-corrected chi connectivity index (χ0v) is 13.0. The molecule has 4 nitrogen and oxygen atoms in total. The molecule has 0 unspecified atom stereocenters. The van der Waals surface area contributed by atoms with Gasteiger partial charge in [-0.2, -0.15) is 0 Å². The molecule has 1 fully saturated rings. The number of hydrogen-bond acceptors (Lipinski definition) is 3. The molecule has 0 bridgehead atoms. The summed E-state index contributed by atoms with van der Waals surface area (Å²) >= 11 is 0. The van der Waals surface area contributed by atoms with E-state index in [4.69, 9.17) is 5.73 Å². The maximum atomic E-state index is 12.4. The van der Waals surface area contributed by atoms with Crippen molar-refractivity contribution in [2.24, 2.45) is 5.73 Å². The third kappa shape index (κ3) is 4.06. The van der Waals surface area contributed by atoms with Crippen molar-refractivity contribution in [3.8, 4) is 0 Å². The van der Waals surface area contributed by atoms with Crippen molar-refractivity contribution in [3.05, 3.63) is 61.2 Å². The van der Waals surface area contributed by atoms with Crippen molar-refractivity contribution in [1.29, 1.82) is 0 Å². The van der Waals surface area contributed by atoms with Crippen LogP contribution >= 0.6 is 0 Å². The summed E-state index contributed by atoms with van der Waals surface area (Å²) < 4.78 is 0. The maximum absolute atomic E-state index is 12.4. The molecule has 2 N–H and O–H groups in total. The number of benzene rings is 1. The number of nitrogens with two attached hydrogens (primary N) is 1. The van der Waals surface area contributed by atoms with Gasteiger partial charge in [0, 0.05) is 38.1 Å². The molecule has 118 valence electrons. The number of nitrogens with zero attached hydrogens (tertiary/aromatic N) is 2. The molecule has 0 spiro atoms. The van der Waals surface area contributed by atoms with E-state index in [1.165, 1.54) is 5.56 Å². The van der Waals surface area contributed by atoms with Crippen LogP contribution in [0.3, 0.4) is 0 Å². The molecule has 1 aliphatic rings. The van der Waals surface area contributed by atoms with Crippen molar-refractivity contribution in [3.63, 3.8) is 0 Å². The van der Waals surface area contributed by atoms with Gasteiger partial charge in [-0.1, -0.05) is 42.5 Å². The summed E-state index contributed by atoms with van der Waals surface area (Å²) in [6.45, 7) is 10.5. The lowest BCUT2D eigenvalue weighted by atomic mass is 9.95. The van der Waals surface area contributed by atoms with Gasteiger partial charge < -0.3 is 10.6 Å². The minimum atomic E-state index is 0.0717. The van der Waals surface area contributed by atoms with Gasteiger partial charge in [0.2, 0.25) is 5.91 Å². The summed E-state index contributed by atoms with van der Waals surface area (Å²) in [5.74, 6) is 0.391. The Morgan fingerprint density at radius 2 is 1.86 bits per heavy atom. The first kappa shape index (κ1) is 16.5. The summed E-state index contributed by atoms with van der Waals surface area (Å²) in [5.41, 5.74) is 7.52. The Bertz CT molecular complexity index is 504. The largest absolute Gasteiger partial charge is 0.334 e. The van der Waals surface area contributed by atoms with Gasteiger partial charge in [0.15, 0.2) is 0 Å². The van der Waals surface area contributed by atoms with Crippen LogP contribution < -0.4 is 5.73 Å². The second kappa shape index (κ2) is 7.92. The number of rotatable bonds is 7. The van der Waals surface area contributed by atoms with E-state index in [9.17, 15) is 4.79 Å². The van der Waals surface area contributed by atoms with E-state index in [-0.39, 0.29) is 11.9 Å². The van der Waals surface area contributed by atoms with E-state index in [1.54, 1.807) is 17.1 Å². The van der Waals surface area contributed by atoms with Gasteiger partial charge in [-0.05, 0) is 5.56 Å². The second-order valence-electron chi connectivity index (χ2n) is 5.75. The van der Waals surface area contributed by atoms with Gasteiger partial charge >= 0.3 is 0 Å². The van der Waals surface area contributed by atoms with Crippen molar-refractivity contribution in [1.82, 2.24) is 9.80 Å². The fourth-order valence-corrected chi connectivity index (χ4v) is 2.98. The summed E-state index contributed by atoms with van der Waals surface area (Å²) in [4.78, 5) is 16.3. The van der Waals surface area contributed by atoms with E-state index in [1.807, 2.05) is 18.2 Å². The molecule has 2 atom stereocenters. The lowest BCUT2D eigenvalue weighted by molar-refractivity contribution is -0.131. The van der Waals surface area contributed by atoms with Crippen LogP contribution in [0.25, 0.3) is 0 Å². The molecular formula is C18H25N3O. The fourth-order valence-electron chi connectivity index (χ4n) is 2.98. The van der Waals surface area contributed by atoms with Gasteiger partial charge in [0.25, 0.3) is 0 Å². The van der Waals surface area contributed by atoms with Crippen LogP contribution in [0, 0.1) is 0 Å². The highest BCUT2D eigenvalue weighted by molar-refractivity contribution is 5.78. The molecule has 22 heavy (non-hydrogen) atoms. The zero-order valence-electron chi connectivity index (χ0n) is 13.0. The molecule has 0 radical (unpaired) electrons. The Kier molecular flexibility index (Phi) is 5.92. The van der Waals surface area contributed by atoms with E-state index in [0.717, 1.165) is 13.1 Å². The van der Waals surface area contributed by atoms with Crippen molar-refractivity contribution in [2.75, 3.05) is 32.7 Å². The molecule has 4 heteroatoms. The van der Waals surface area contributed by atoms with Gasteiger partial charge in [-0.15, -0.1) is 13.2 Å². The number of amides is 1. The van der Waals surface area contributed by atoms with E-state index >= 15 is 0 Å². The number of carbonyl (C=O) groups is 1. The van der Waals surface area contributed by atoms with Gasteiger partial charge in [-0.3, -0.25) is 9.69 Å². The second-order valence-corrected chi connectivity index (χ2v) is 5.75. The standard InChI is InChI=1S/C18H25N3O/c1-3-10-21(11-4-2)18(22)14-20-12-16(17(19)13-20)15-8-6-5-7-9-15/h3-9,16-17H,1-2,10-14,19H2/t16-,17+/m0/s1. The normalized spacial score (nSPS) is 21.5. The lowest BCUT2D eigenvalue weighted by Crippen LogP contribution is -2.40. The highest BCUT2D eigenvalue weighted by atomic mass is 16.2. The first-order valence-corrected chi connectivity index (χ1v) is 7.68. The third-order valence-electron chi connectivity index (χ3n) is 4.08. The maximum Gasteiger partial charge on any atom is 0.237 e. The SMILES string of the molecule is C=CCN(CC=C)C(=O)CN1C[C@@H](N)[C@H](c2ccccc2)C1. The van der Waals surface area contributed by atoms with Crippen LogP contribution in [0.5, 0.6) is 0 Å². The molecule has 0 aromatic heterocycles. The minimum Gasteiger partial charge on any atom is -0.334 e. The van der Waals surface area contributed by atoms with E-state index in [0.29, 0.717) is 25.6 Å². The molecule has 0 saturated carbocycles. The predicted molar refractivity (Wildman–Crippen MR) is 90.6 cm³/mol. The molecular weight excluding hydrogens is 274 g/mol. The number of hydrogen-bond donors (Lipinski definition) is 1. The Hall–Kier alpha value is -1.91. The Labute approximate surface area is 132 Å². The third-order valence-corrected chi connectivity index (χ3v) is 4.08. The fraction of sp³-hybridized carbons (Fsp3) is 0.389. The van der Waals surface area contributed by atoms with Crippen LogP contribution in [0.2, 0.25) is 0 Å². The summed E-state index contributed by atoms with van der Waals surface area (Å²) in [6, 6.07) is 10.4. The Morgan fingerprint density at radius 3 is 2.45 bits per heavy atom. The summed E-state index contributed by atoms with van der Waals surface area (Å²) in [7, 11) is 0. The average molecular weight is 299 g/mol. The lowest BCUT2D eigenvalue weighted by Gasteiger charge is -2.23. The van der Waals surface area contributed by atoms with Crippen molar-refractivity contribution >= 4 is 5.91 Å². The zero-order chi connectivity index (χ0) is 15.9. The quantitative estimate of drug-likeness (QED) is 0.778. The van der Waals surface area contributed by atoms with Gasteiger partial charge in [-0.25, -0.2) is 0 Å².